The van der Waals surface area contributed by atoms with E-state index in [1.165, 1.54) is 36.0 Å². The molecule has 8 aromatic carbocycles. The van der Waals surface area contributed by atoms with E-state index in [0.717, 1.165) is 27.9 Å². The zero-order chi connectivity index (χ0) is 56.7. The maximum atomic E-state index is 11.4. The standard InChI is InChI=1S/C40H30N10O6.C8H6BrClNO4P.C7H9N/c1-55-37-25-29(13-23-35(37)47-43-39(27-9-5-3-6-10-27)41-45(47)31-15-19-33(20-16-31)49(51)52)30-14-24-36(38(26-30)56-2)48-44-40(28-11-7-4-8-12-28)42-46(48)32-17-21-34(22-18-32)50(53)54;9-4-1-2-5-7(8(4)10)6(3-11-5)15-16(12,13)14;1-6-2-4-7(8)5-3-6/h3-26H,1-2H3;1-3,11H,(H2,12,13,14);2-5H,8H2,1H3/q+2;;/p-2. The second kappa shape index (κ2) is 23.9. The van der Waals surface area contributed by atoms with E-state index in [1.807, 2.05) is 128 Å². The van der Waals surface area contributed by atoms with Crippen molar-refractivity contribution in [2.75, 3.05) is 20.0 Å². The van der Waals surface area contributed by atoms with Crippen molar-refractivity contribution in [3.8, 4) is 73.9 Å². The number of phosphoric ester groups is 1. The number of methoxy groups -OCH3 is 2. The SMILES string of the molecule is COc1cc(-c2ccc(-[n+]3nc(-c4ccccc4)nn3-c3ccc([N+](=O)[O-])cc3)c(OC)c2)ccc1-[n+]1nc(-c2ccccc2)nn1-c1ccc([N+](=O)[O-])cc1.Cc1ccc(N)cc1.O=P([O-])([O-])Oc1c[nH]c2ccc(Br)c(Cl)c12. The molecule has 402 valence electrons. The van der Waals surface area contributed by atoms with Crippen molar-refractivity contribution in [3.05, 3.63) is 223 Å². The van der Waals surface area contributed by atoms with Crippen molar-refractivity contribution in [2.45, 2.75) is 6.92 Å². The fourth-order valence-electron chi connectivity index (χ4n) is 7.97. The number of nitro benzene ring substituents is 2. The molecule has 25 heteroatoms. The summed E-state index contributed by atoms with van der Waals surface area (Å²) in [6.45, 7) is 2.04. The molecule has 0 spiro atoms. The lowest BCUT2D eigenvalue weighted by Crippen LogP contribution is -2.43. The maximum absolute atomic E-state index is 11.4. The van der Waals surface area contributed by atoms with Crippen molar-refractivity contribution in [3.63, 3.8) is 0 Å². The number of aryl methyl sites for hydroxylation is 1. The van der Waals surface area contributed by atoms with E-state index in [-0.39, 0.29) is 22.1 Å². The first-order chi connectivity index (χ1) is 38.5. The molecular weight excluding hydrogens is 1140 g/mol. The van der Waals surface area contributed by atoms with Gasteiger partial charge in [-0.1, -0.05) is 65.7 Å². The van der Waals surface area contributed by atoms with Crippen LogP contribution < -0.4 is 39.1 Å². The molecule has 0 aliphatic rings. The van der Waals surface area contributed by atoms with Gasteiger partial charge in [-0.3, -0.25) is 20.2 Å². The van der Waals surface area contributed by atoms with Gasteiger partial charge in [-0.15, -0.1) is 0 Å². The molecule has 0 saturated heterocycles. The predicted octanol–water partition coefficient (Wildman–Crippen LogP) is 9.60. The first-order valence-electron chi connectivity index (χ1n) is 23.7. The van der Waals surface area contributed by atoms with Crippen molar-refractivity contribution in [1.82, 2.24) is 35.0 Å². The first-order valence-corrected chi connectivity index (χ1v) is 26.4. The molecular formula is C55H43BrClN12O10P. The number of nitrogens with one attached hydrogen (secondary N) is 1. The Labute approximate surface area is 468 Å². The lowest BCUT2D eigenvalue weighted by Gasteiger charge is -2.28. The molecule has 0 saturated carbocycles. The molecule has 11 rings (SSSR count). The number of aromatic nitrogens is 9. The van der Waals surface area contributed by atoms with Gasteiger partial charge in [-0.05, 0) is 163 Å². The number of fused-ring (bicyclic) bond motifs is 1. The van der Waals surface area contributed by atoms with Gasteiger partial charge in [0.05, 0.1) is 61.3 Å². The van der Waals surface area contributed by atoms with Gasteiger partial charge in [-0.2, -0.15) is 0 Å². The van der Waals surface area contributed by atoms with Crippen LogP contribution in [0.1, 0.15) is 5.56 Å². The first kappa shape index (κ1) is 55.1. The number of nitrogens with two attached hydrogens (primary N) is 1. The van der Waals surface area contributed by atoms with Gasteiger partial charge < -0.3 is 39.1 Å². The Morgan fingerprint density at radius 3 is 1.46 bits per heavy atom. The summed E-state index contributed by atoms with van der Waals surface area (Å²) in [4.78, 5) is 51.9. The molecule has 22 nitrogen and oxygen atoms in total. The van der Waals surface area contributed by atoms with E-state index < -0.39 is 17.7 Å². The highest BCUT2D eigenvalue weighted by atomic mass is 79.9. The molecule has 0 aliphatic heterocycles. The lowest BCUT2D eigenvalue weighted by molar-refractivity contribution is -0.734. The molecule has 0 radical (unpaired) electrons. The molecule has 0 unspecified atom stereocenters. The molecule has 11 aromatic rings. The third-order valence-corrected chi connectivity index (χ3v) is 13.6. The highest BCUT2D eigenvalue weighted by Crippen LogP contribution is 2.41. The van der Waals surface area contributed by atoms with Crippen LogP contribution in [0.2, 0.25) is 5.02 Å². The number of tetrazole rings is 2. The Bertz CT molecular complexity index is 3860. The summed E-state index contributed by atoms with van der Waals surface area (Å²) < 4.78 is 27.2. The predicted molar refractivity (Wildman–Crippen MR) is 297 cm³/mol. The summed E-state index contributed by atoms with van der Waals surface area (Å²) in [7, 11) is -1.97. The van der Waals surface area contributed by atoms with Gasteiger partial charge in [0.2, 0.25) is 11.4 Å². The number of halogens is 2. The minimum Gasteiger partial charge on any atom is -0.780 e. The van der Waals surface area contributed by atoms with Gasteiger partial charge in [0.25, 0.3) is 11.4 Å². The van der Waals surface area contributed by atoms with E-state index in [4.69, 9.17) is 47.2 Å². The number of hydrogen-bond acceptors (Lipinski definition) is 15. The van der Waals surface area contributed by atoms with Crippen LogP contribution in [0.4, 0.5) is 17.1 Å². The Morgan fingerprint density at radius 1 is 0.613 bits per heavy atom. The quantitative estimate of drug-likeness (QED) is 0.0357. The van der Waals surface area contributed by atoms with E-state index in [9.17, 15) is 34.6 Å². The normalized spacial score (nSPS) is 11.0. The monoisotopic (exact) mass is 1180 g/mol. The van der Waals surface area contributed by atoms with Gasteiger partial charge in [0.15, 0.2) is 17.2 Å². The lowest BCUT2D eigenvalue weighted by atomic mass is 10.0. The Balaban J connectivity index is 0.000000264. The van der Waals surface area contributed by atoms with Crippen LogP contribution in [0.3, 0.4) is 0 Å². The van der Waals surface area contributed by atoms with Gasteiger partial charge in [0.1, 0.15) is 19.2 Å². The summed E-state index contributed by atoms with van der Waals surface area (Å²) >= 11 is 9.15. The molecule has 0 fully saturated rings. The second-order valence-corrected chi connectivity index (χ2v) is 19.5. The molecule has 0 atom stereocenters. The van der Waals surface area contributed by atoms with Crippen LogP contribution in [0.25, 0.3) is 67.6 Å². The topological polar surface area (TPSA) is 288 Å². The smallest absolute Gasteiger partial charge is 0.340 e. The number of nitrogen functional groups attached to an aromatic ring is 1. The van der Waals surface area contributed by atoms with Crippen LogP contribution in [-0.2, 0) is 4.57 Å². The van der Waals surface area contributed by atoms with Crippen molar-refractivity contribution >= 4 is 63.3 Å². The van der Waals surface area contributed by atoms with Gasteiger partial charge in [0, 0.05) is 50.2 Å². The number of rotatable bonds is 13. The summed E-state index contributed by atoms with van der Waals surface area (Å²) in [6.07, 6.45) is 1.27. The number of phosphoric acid groups is 1. The van der Waals surface area contributed by atoms with Crippen LogP contribution in [-0.4, -0.2) is 59.0 Å². The fraction of sp³-hybridized carbons (Fsp3) is 0.0545. The third-order valence-electron chi connectivity index (χ3n) is 11.9. The number of hydrogen-bond donors (Lipinski definition) is 2. The van der Waals surface area contributed by atoms with E-state index >= 15 is 0 Å². The van der Waals surface area contributed by atoms with Crippen LogP contribution in [0.5, 0.6) is 17.2 Å². The Morgan fingerprint density at radius 2 is 1.06 bits per heavy atom. The van der Waals surface area contributed by atoms with Crippen molar-refractivity contribution in [1.29, 1.82) is 0 Å². The molecule has 3 heterocycles. The number of ether oxygens (including phenoxy) is 2. The van der Waals surface area contributed by atoms with Crippen molar-refractivity contribution in [2.24, 2.45) is 0 Å². The number of benzene rings is 8. The van der Waals surface area contributed by atoms with Crippen molar-refractivity contribution < 1.29 is 47.8 Å². The van der Waals surface area contributed by atoms with Gasteiger partial charge >= 0.3 is 11.6 Å². The molecule has 0 bridgehead atoms. The summed E-state index contributed by atoms with van der Waals surface area (Å²) in [5.74, 6) is 1.72. The molecule has 80 heavy (non-hydrogen) atoms. The number of aromatic amines is 1. The van der Waals surface area contributed by atoms with E-state index in [1.54, 1.807) is 69.8 Å². The number of nitrogens with zero attached hydrogens (tertiary/aromatic N) is 10. The zero-order valence-electron chi connectivity index (χ0n) is 42.2. The average molecular weight is 1180 g/mol. The minimum atomic E-state index is -5.09. The third kappa shape index (κ3) is 12.5. The van der Waals surface area contributed by atoms with E-state index in [2.05, 4.69) is 25.4 Å². The summed E-state index contributed by atoms with van der Waals surface area (Å²) in [5.41, 5.74) is 13.4. The molecule has 0 aliphatic carbocycles. The largest absolute Gasteiger partial charge is 0.780 e. The number of anilines is 1. The number of H-pyrrole nitrogens is 1. The summed E-state index contributed by atoms with van der Waals surface area (Å²) in [5, 5.41) is 42.5. The number of non-ortho nitro benzene ring substituents is 2. The molecule has 3 aromatic heterocycles. The Kier molecular flexibility index (Phi) is 16.5. The average Bonchev–Trinajstić information content (AvgIpc) is 4.34. The number of nitro groups is 2. The molecule has 0 amide bonds. The zero-order valence-corrected chi connectivity index (χ0v) is 45.5. The minimum absolute atomic E-state index is 0.0475. The molecule has 3 N–H and O–H groups in total. The maximum Gasteiger partial charge on any atom is 0.340 e. The van der Waals surface area contributed by atoms with E-state index in [0.29, 0.717) is 61.3 Å². The highest BCUT2D eigenvalue weighted by molar-refractivity contribution is 9.10. The highest BCUT2D eigenvalue weighted by Gasteiger charge is 2.29. The van der Waals surface area contributed by atoms with Crippen LogP contribution in [0.15, 0.2) is 193 Å². The van der Waals surface area contributed by atoms with Crippen LogP contribution >= 0.6 is 35.4 Å². The Hall–Kier alpha value is -9.64. The summed E-state index contributed by atoms with van der Waals surface area (Å²) in [6, 6.07) is 53.5. The second-order valence-electron chi connectivity index (χ2n) is 17.1. The van der Waals surface area contributed by atoms with Crippen LogP contribution in [0, 0.1) is 27.2 Å². The van der Waals surface area contributed by atoms with Gasteiger partial charge in [-0.25, -0.2) is 0 Å². The fourth-order valence-corrected chi connectivity index (χ4v) is 8.94.